The van der Waals surface area contributed by atoms with E-state index in [1.807, 2.05) is 0 Å². The van der Waals surface area contributed by atoms with E-state index in [4.69, 9.17) is 20.9 Å². The first-order valence-electron chi connectivity index (χ1n) is 11.6. The summed E-state index contributed by atoms with van der Waals surface area (Å²) in [5.74, 6) is -0.645. The van der Waals surface area contributed by atoms with Crippen LogP contribution < -0.4 is 4.90 Å². The molecule has 0 unspecified atom stereocenters. The van der Waals surface area contributed by atoms with Gasteiger partial charge in [0.05, 0.1) is 35.9 Å². The molecule has 1 aliphatic rings. The highest BCUT2D eigenvalue weighted by Crippen LogP contribution is 2.37. The van der Waals surface area contributed by atoms with Gasteiger partial charge in [0.15, 0.2) is 17.3 Å². The molecule has 0 spiro atoms. The zero-order valence-corrected chi connectivity index (χ0v) is 20.9. The Labute approximate surface area is 227 Å². The van der Waals surface area contributed by atoms with Gasteiger partial charge in [-0.05, 0) is 35.9 Å². The van der Waals surface area contributed by atoms with E-state index in [1.165, 1.54) is 0 Å². The van der Waals surface area contributed by atoms with E-state index >= 15 is 0 Å². The van der Waals surface area contributed by atoms with Crippen LogP contribution in [0.5, 0.6) is 0 Å². The highest BCUT2D eigenvalue weighted by Gasteiger charge is 2.37. The average molecular weight is 585 g/mol. The summed E-state index contributed by atoms with van der Waals surface area (Å²) < 4.78 is 92.2. The number of anilines is 1. The first kappa shape index (κ1) is 27.6. The topological polar surface area (TPSA) is 86.3 Å². The molecule has 3 heterocycles. The Morgan fingerprint density at radius 3 is 2.27 bits per heavy atom. The lowest BCUT2D eigenvalue weighted by molar-refractivity contribution is -0.143. The van der Waals surface area contributed by atoms with Gasteiger partial charge in [-0.3, -0.25) is 4.79 Å². The number of aromatic nitrogens is 4. The summed E-state index contributed by atoms with van der Waals surface area (Å²) in [5.41, 5.74) is -3.28. The number of benzene rings is 2. The molecule has 1 fully saturated rings. The van der Waals surface area contributed by atoms with Crippen molar-refractivity contribution in [1.29, 1.82) is 0 Å². The molecule has 0 amide bonds. The summed E-state index contributed by atoms with van der Waals surface area (Å²) in [7, 11) is 0. The first-order chi connectivity index (χ1) is 18.9. The maximum absolute atomic E-state index is 13.7. The molecule has 4 aromatic rings. The summed E-state index contributed by atoms with van der Waals surface area (Å²) in [6, 6.07) is 7.76. The van der Waals surface area contributed by atoms with E-state index in [0.29, 0.717) is 17.7 Å². The molecular formula is C25H17ClF6N5O3. The van der Waals surface area contributed by atoms with Crippen LogP contribution >= 0.6 is 11.6 Å². The Hall–Kier alpha value is -3.91. The van der Waals surface area contributed by atoms with Crippen LogP contribution in [0, 0.1) is 6.20 Å². The van der Waals surface area contributed by atoms with Crippen LogP contribution in [0.25, 0.3) is 11.3 Å². The van der Waals surface area contributed by atoms with Crippen molar-refractivity contribution in [2.45, 2.75) is 18.9 Å². The van der Waals surface area contributed by atoms with E-state index < -0.39 is 35.8 Å². The Kier molecular flexibility index (Phi) is 7.31. The summed E-state index contributed by atoms with van der Waals surface area (Å²) in [6.07, 6.45) is -7.57. The molecule has 1 radical (unpaired) electrons. The molecule has 0 N–H and O–H groups in total. The zero-order chi connectivity index (χ0) is 28.7. The first-order valence-corrected chi connectivity index (χ1v) is 12.0. The maximum atomic E-state index is 13.7. The minimum Gasteiger partial charge on any atom is -0.378 e. The molecule has 0 saturated carbocycles. The molecular weight excluding hydrogens is 568 g/mol. The van der Waals surface area contributed by atoms with Crippen molar-refractivity contribution in [2.24, 2.45) is 0 Å². The largest absolute Gasteiger partial charge is 0.416 e. The molecule has 40 heavy (non-hydrogen) atoms. The van der Waals surface area contributed by atoms with Crippen molar-refractivity contribution in [3.8, 4) is 11.3 Å². The number of morpholine rings is 1. The van der Waals surface area contributed by atoms with Gasteiger partial charge in [-0.15, -0.1) is 5.10 Å². The molecule has 0 aliphatic carbocycles. The quantitative estimate of drug-likeness (QED) is 0.217. The number of hydrogen-bond acceptors (Lipinski definition) is 7. The minimum absolute atomic E-state index is 0.00535. The van der Waals surface area contributed by atoms with E-state index in [1.54, 1.807) is 29.2 Å². The molecule has 1 saturated heterocycles. The smallest absolute Gasteiger partial charge is 0.378 e. The molecule has 2 aromatic carbocycles. The van der Waals surface area contributed by atoms with Crippen LogP contribution in [-0.2, 0) is 23.6 Å². The fourth-order valence-corrected chi connectivity index (χ4v) is 4.47. The lowest BCUT2D eigenvalue weighted by Gasteiger charge is -2.29. The maximum Gasteiger partial charge on any atom is 0.416 e. The molecule has 0 atom stereocenters. The van der Waals surface area contributed by atoms with E-state index in [2.05, 4.69) is 21.7 Å². The molecule has 2 aromatic heterocycles. The van der Waals surface area contributed by atoms with E-state index in [-0.39, 0.29) is 65.8 Å². The predicted octanol–water partition coefficient (Wildman–Crippen LogP) is 5.54. The second-order valence-electron chi connectivity index (χ2n) is 8.74. The normalized spacial score (nSPS) is 14.5. The lowest BCUT2D eigenvalue weighted by Crippen LogP contribution is -2.38. The van der Waals surface area contributed by atoms with Crippen molar-refractivity contribution in [1.82, 2.24) is 20.2 Å². The van der Waals surface area contributed by atoms with Crippen molar-refractivity contribution < 1.29 is 40.4 Å². The van der Waals surface area contributed by atoms with Crippen molar-refractivity contribution >= 4 is 23.2 Å². The number of hydrogen-bond donors (Lipinski definition) is 0. The summed E-state index contributed by atoms with van der Waals surface area (Å²) in [4.78, 5) is 15.3. The summed E-state index contributed by atoms with van der Waals surface area (Å²) in [6.45, 7) is 0.490. The SMILES string of the molecule is O=C(c1[c]noc1-c1ccccc1Cl)c1nnn(Cc2cc(C(F)(F)F)cc(C(F)(F)F)c2)c1N1CCOCC1. The number of carbonyl (C=O) groups excluding carboxylic acids is 1. The molecule has 15 heteroatoms. The second-order valence-corrected chi connectivity index (χ2v) is 9.15. The third-order valence-corrected chi connectivity index (χ3v) is 6.41. The zero-order valence-electron chi connectivity index (χ0n) is 20.2. The van der Waals surface area contributed by atoms with Gasteiger partial charge < -0.3 is 14.2 Å². The molecule has 1 aliphatic heterocycles. The van der Waals surface area contributed by atoms with Crippen LogP contribution in [0.2, 0.25) is 5.02 Å². The number of ether oxygens (including phenoxy) is 1. The number of ketones is 1. The second kappa shape index (κ2) is 10.6. The predicted molar refractivity (Wildman–Crippen MR) is 128 cm³/mol. The Balaban J connectivity index is 1.58. The van der Waals surface area contributed by atoms with Gasteiger partial charge in [-0.1, -0.05) is 34.1 Å². The van der Waals surface area contributed by atoms with Crippen LogP contribution in [0.4, 0.5) is 32.2 Å². The molecule has 209 valence electrons. The third-order valence-electron chi connectivity index (χ3n) is 6.08. The van der Waals surface area contributed by atoms with Crippen molar-refractivity contribution in [2.75, 3.05) is 31.2 Å². The van der Waals surface area contributed by atoms with E-state index in [9.17, 15) is 31.1 Å². The molecule has 0 bridgehead atoms. The van der Waals surface area contributed by atoms with Crippen LogP contribution in [0.15, 0.2) is 47.0 Å². The van der Waals surface area contributed by atoms with Gasteiger partial charge in [0.2, 0.25) is 5.78 Å². The number of rotatable bonds is 6. The van der Waals surface area contributed by atoms with Crippen LogP contribution in [0.3, 0.4) is 0 Å². The van der Waals surface area contributed by atoms with Crippen LogP contribution in [-0.4, -0.2) is 52.2 Å². The third kappa shape index (κ3) is 5.54. The van der Waals surface area contributed by atoms with Gasteiger partial charge in [-0.25, -0.2) is 4.68 Å². The van der Waals surface area contributed by atoms with Gasteiger partial charge in [-0.2, -0.15) is 26.3 Å². The van der Waals surface area contributed by atoms with Crippen molar-refractivity contribution in [3.63, 3.8) is 0 Å². The van der Waals surface area contributed by atoms with Gasteiger partial charge in [0.25, 0.3) is 0 Å². The van der Waals surface area contributed by atoms with Gasteiger partial charge >= 0.3 is 12.4 Å². The summed E-state index contributed by atoms with van der Waals surface area (Å²) in [5, 5.41) is 11.7. The highest BCUT2D eigenvalue weighted by molar-refractivity contribution is 6.33. The molecule has 8 nitrogen and oxygen atoms in total. The number of halogens is 7. The average Bonchev–Trinajstić information content (AvgIpc) is 3.56. The minimum atomic E-state index is -5.02. The lowest BCUT2D eigenvalue weighted by atomic mass is 10.0. The number of alkyl halides is 6. The summed E-state index contributed by atoms with van der Waals surface area (Å²) >= 11 is 6.25. The van der Waals surface area contributed by atoms with E-state index in [0.717, 1.165) is 4.68 Å². The fraction of sp³-hybridized carbons (Fsp3) is 0.280. The standard InChI is InChI=1S/C25H17ClF6N5O3/c26-19-4-2-1-3-17(19)22-18(12-33-40-22)21(38)20-23(36-5-7-39-8-6-36)37(35-34-20)13-14-9-15(24(27,28)29)11-16(10-14)25(30,31)32/h1-4,9-11H,5-8,13H2. The van der Waals surface area contributed by atoms with Crippen LogP contribution in [0.1, 0.15) is 32.7 Å². The van der Waals surface area contributed by atoms with Gasteiger partial charge in [0, 0.05) is 18.7 Å². The number of nitrogens with zero attached hydrogens (tertiary/aromatic N) is 5. The van der Waals surface area contributed by atoms with Crippen molar-refractivity contribution in [3.05, 3.63) is 81.6 Å². The number of carbonyl (C=O) groups is 1. The molecule has 5 rings (SSSR count). The fourth-order valence-electron chi connectivity index (χ4n) is 4.25. The Morgan fingerprint density at radius 1 is 1.00 bits per heavy atom. The Bertz CT molecular complexity index is 1510. The highest BCUT2D eigenvalue weighted by atomic mass is 35.5. The van der Waals surface area contributed by atoms with Gasteiger partial charge in [0.1, 0.15) is 11.8 Å². The Morgan fingerprint density at radius 2 is 1.65 bits per heavy atom. The monoisotopic (exact) mass is 584 g/mol.